The van der Waals surface area contributed by atoms with Gasteiger partial charge in [0.15, 0.2) is 5.65 Å². The molecular formula is C16H18N6O2S. The van der Waals surface area contributed by atoms with Crippen LogP contribution in [0, 0.1) is 0 Å². The first-order chi connectivity index (χ1) is 12.0. The van der Waals surface area contributed by atoms with Crippen molar-refractivity contribution in [3.8, 4) is 5.69 Å². The van der Waals surface area contributed by atoms with Gasteiger partial charge in [0.1, 0.15) is 12.1 Å². The summed E-state index contributed by atoms with van der Waals surface area (Å²) in [6.45, 7) is 1.07. The molecule has 130 valence electrons. The molecule has 9 heteroatoms. The lowest BCUT2D eigenvalue weighted by atomic mass is 10.1. The van der Waals surface area contributed by atoms with Gasteiger partial charge in [0, 0.05) is 13.1 Å². The number of para-hydroxylation sites is 1. The largest absolute Gasteiger partial charge is 0.355 e. The predicted octanol–water partition coefficient (Wildman–Crippen LogP) is 1.07. The van der Waals surface area contributed by atoms with Gasteiger partial charge in [-0.25, -0.2) is 28.2 Å². The lowest BCUT2D eigenvalue weighted by Crippen LogP contribution is -2.45. The van der Waals surface area contributed by atoms with Gasteiger partial charge in [-0.3, -0.25) is 0 Å². The molecule has 1 aliphatic heterocycles. The van der Waals surface area contributed by atoms with E-state index >= 15 is 0 Å². The van der Waals surface area contributed by atoms with Crippen LogP contribution in [0.5, 0.6) is 0 Å². The average molecular weight is 358 g/mol. The number of fused-ring (bicyclic) bond motifs is 1. The van der Waals surface area contributed by atoms with Crippen molar-refractivity contribution in [2.24, 2.45) is 5.14 Å². The minimum Gasteiger partial charge on any atom is -0.355 e. The van der Waals surface area contributed by atoms with Crippen molar-refractivity contribution in [1.29, 1.82) is 0 Å². The Balaban J connectivity index is 1.75. The Labute approximate surface area is 145 Å². The second-order valence-electron chi connectivity index (χ2n) is 6.13. The van der Waals surface area contributed by atoms with Crippen molar-refractivity contribution in [2.75, 3.05) is 18.0 Å². The molecule has 2 aromatic heterocycles. The lowest BCUT2D eigenvalue weighted by Gasteiger charge is -2.32. The van der Waals surface area contributed by atoms with Crippen molar-refractivity contribution in [3.05, 3.63) is 42.9 Å². The summed E-state index contributed by atoms with van der Waals surface area (Å²) in [6, 6.07) is 9.72. The third kappa shape index (κ3) is 2.96. The number of hydrogen-bond acceptors (Lipinski definition) is 6. The van der Waals surface area contributed by atoms with Gasteiger partial charge in [0.25, 0.3) is 0 Å². The van der Waals surface area contributed by atoms with Gasteiger partial charge >= 0.3 is 0 Å². The molecule has 1 aromatic carbocycles. The Bertz CT molecular complexity index is 1000. The Morgan fingerprint density at radius 1 is 1.16 bits per heavy atom. The van der Waals surface area contributed by atoms with Crippen LogP contribution in [0.1, 0.15) is 12.8 Å². The summed E-state index contributed by atoms with van der Waals surface area (Å²) < 4.78 is 25.2. The SMILES string of the molecule is NS(=O)(=O)C1CCCN(c2ncnc3c2cnn3-c2ccccc2)C1. The zero-order chi connectivity index (χ0) is 17.4. The number of sulfonamides is 1. The first-order valence-corrected chi connectivity index (χ1v) is 9.66. The van der Waals surface area contributed by atoms with E-state index in [1.807, 2.05) is 35.2 Å². The molecule has 4 rings (SSSR count). The molecule has 0 radical (unpaired) electrons. The van der Waals surface area contributed by atoms with Crippen molar-refractivity contribution in [2.45, 2.75) is 18.1 Å². The highest BCUT2D eigenvalue weighted by Gasteiger charge is 2.30. The molecule has 8 nitrogen and oxygen atoms in total. The van der Waals surface area contributed by atoms with Crippen LogP contribution < -0.4 is 10.0 Å². The summed E-state index contributed by atoms with van der Waals surface area (Å²) in [5.74, 6) is 0.695. The molecule has 1 fully saturated rings. The van der Waals surface area contributed by atoms with Crippen LogP contribution in [0.3, 0.4) is 0 Å². The summed E-state index contributed by atoms with van der Waals surface area (Å²) in [4.78, 5) is 10.7. The van der Waals surface area contributed by atoms with E-state index in [9.17, 15) is 8.42 Å². The topological polar surface area (TPSA) is 107 Å². The van der Waals surface area contributed by atoms with E-state index in [4.69, 9.17) is 5.14 Å². The fraction of sp³-hybridized carbons (Fsp3) is 0.312. The quantitative estimate of drug-likeness (QED) is 0.750. The normalized spacial score (nSPS) is 18.6. The summed E-state index contributed by atoms with van der Waals surface area (Å²) in [7, 11) is -3.56. The van der Waals surface area contributed by atoms with Gasteiger partial charge in [-0.15, -0.1) is 0 Å². The summed E-state index contributed by atoms with van der Waals surface area (Å²) in [5.41, 5.74) is 1.59. The fourth-order valence-electron chi connectivity index (χ4n) is 3.24. The Kier molecular flexibility index (Phi) is 3.89. The van der Waals surface area contributed by atoms with Crippen LogP contribution >= 0.6 is 0 Å². The maximum atomic E-state index is 11.7. The van der Waals surface area contributed by atoms with E-state index in [0.29, 0.717) is 24.4 Å². The monoisotopic (exact) mass is 358 g/mol. The minimum atomic E-state index is -3.56. The van der Waals surface area contributed by atoms with E-state index in [0.717, 1.165) is 24.0 Å². The van der Waals surface area contributed by atoms with Crippen LogP contribution in [0.25, 0.3) is 16.7 Å². The Hall–Kier alpha value is -2.52. The highest BCUT2D eigenvalue weighted by Crippen LogP contribution is 2.27. The van der Waals surface area contributed by atoms with Gasteiger partial charge in [-0.2, -0.15) is 5.10 Å². The summed E-state index contributed by atoms with van der Waals surface area (Å²) >= 11 is 0. The van der Waals surface area contributed by atoms with Crippen LogP contribution in [-0.2, 0) is 10.0 Å². The highest BCUT2D eigenvalue weighted by molar-refractivity contribution is 7.89. The van der Waals surface area contributed by atoms with E-state index < -0.39 is 15.3 Å². The van der Waals surface area contributed by atoms with E-state index in [-0.39, 0.29) is 0 Å². The third-order valence-electron chi connectivity index (χ3n) is 4.49. The number of benzene rings is 1. The fourth-order valence-corrected chi connectivity index (χ4v) is 4.12. The number of primary sulfonamides is 1. The second kappa shape index (κ2) is 6.08. The number of piperidine rings is 1. The van der Waals surface area contributed by atoms with Crippen LogP contribution in [-0.4, -0.2) is 46.5 Å². The summed E-state index contributed by atoms with van der Waals surface area (Å²) in [5, 5.41) is 9.99. The van der Waals surface area contributed by atoms with Gasteiger partial charge < -0.3 is 4.90 Å². The lowest BCUT2D eigenvalue weighted by molar-refractivity contribution is 0.531. The first kappa shape index (κ1) is 16.0. The molecule has 1 aliphatic rings. The maximum Gasteiger partial charge on any atom is 0.213 e. The first-order valence-electron chi connectivity index (χ1n) is 8.05. The molecule has 0 aliphatic carbocycles. The molecule has 1 unspecified atom stereocenters. The zero-order valence-electron chi connectivity index (χ0n) is 13.5. The Morgan fingerprint density at radius 3 is 2.72 bits per heavy atom. The molecule has 0 spiro atoms. The molecule has 0 amide bonds. The standard InChI is InChI=1S/C16H18N6O2S/c17-25(23,24)13-7-4-8-21(10-13)15-14-9-20-22(16(14)19-11-18-15)12-5-2-1-3-6-12/h1-3,5-6,9,11,13H,4,7-8,10H2,(H2,17,23,24). The molecule has 2 N–H and O–H groups in total. The zero-order valence-corrected chi connectivity index (χ0v) is 14.3. The molecular weight excluding hydrogens is 340 g/mol. The van der Waals surface area contributed by atoms with Gasteiger partial charge in [0.2, 0.25) is 10.0 Å². The number of aromatic nitrogens is 4. The van der Waals surface area contributed by atoms with Crippen molar-refractivity contribution < 1.29 is 8.42 Å². The highest BCUT2D eigenvalue weighted by atomic mass is 32.2. The number of anilines is 1. The van der Waals surface area contributed by atoms with E-state index in [1.165, 1.54) is 6.33 Å². The molecule has 0 bridgehead atoms. The molecule has 0 saturated carbocycles. The van der Waals surface area contributed by atoms with Crippen LogP contribution in [0.4, 0.5) is 5.82 Å². The average Bonchev–Trinajstić information content (AvgIpc) is 3.06. The number of hydrogen-bond donors (Lipinski definition) is 1. The van der Waals surface area contributed by atoms with E-state index in [1.54, 1.807) is 10.9 Å². The van der Waals surface area contributed by atoms with Crippen LogP contribution in [0.2, 0.25) is 0 Å². The predicted molar refractivity (Wildman–Crippen MR) is 95.0 cm³/mol. The summed E-state index contributed by atoms with van der Waals surface area (Å²) in [6.07, 6.45) is 4.53. The van der Waals surface area contributed by atoms with Gasteiger partial charge in [0.05, 0.1) is 22.5 Å². The number of nitrogens with zero attached hydrogens (tertiary/aromatic N) is 5. The third-order valence-corrected chi connectivity index (χ3v) is 5.80. The van der Waals surface area contributed by atoms with Gasteiger partial charge in [-0.05, 0) is 25.0 Å². The molecule has 3 aromatic rings. The van der Waals surface area contributed by atoms with Crippen molar-refractivity contribution in [3.63, 3.8) is 0 Å². The number of nitrogens with two attached hydrogens (primary N) is 1. The molecule has 1 atom stereocenters. The van der Waals surface area contributed by atoms with Crippen molar-refractivity contribution in [1.82, 2.24) is 19.7 Å². The molecule has 1 saturated heterocycles. The van der Waals surface area contributed by atoms with E-state index in [2.05, 4.69) is 15.1 Å². The molecule has 3 heterocycles. The maximum absolute atomic E-state index is 11.7. The van der Waals surface area contributed by atoms with Gasteiger partial charge in [-0.1, -0.05) is 18.2 Å². The minimum absolute atomic E-state index is 0.335. The second-order valence-corrected chi connectivity index (χ2v) is 7.97. The Morgan fingerprint density at radius 2 is 1.96 bits per heavy atom. The number of rotatable bonds is 3. The molecule has 25 heavy (non-hydrogen) atoms. The smallest absolute Gasteiger partial charge is 0.213 e. The van der Waals surface area contributed by atoms with Crippen LogP contribution in [0.15, 0.2) is 42.9 Å². The van der Waals surface area contributed by atoms with Crippen molar-refractivity contribution >= 4 is 26.9 Å².